The SMILES string of the molecule is CCCOc1cccc(Nc2cccc(F)c2C)c1N. The van der Waals surface area contributed by atoms with E-state index in [2.05, 4.69) is 5.32 Å². The standard InChI is InChI=1S/C16H19FN2O/c1-3-10-20-15-9-5-8-14(16(15)18)19-13-7-4-6-12(17)11(13)2/h4-9,19H,3,10,18H2,1-2H3. The highest BCUT2D eigenvalue weighted by molar-refractivity contribution is 5.78. The van der Waals surface area contributed by atoms with E-state index in [4.69, 9.17) is 10.5 Å². The van der Waals surface area contributed by atoms with Crippen LogP contribution in [0.2, 0.25) is 0 Å². The van der Waals surface area contributed by atoms with E-state index < -0.39 is 0 Å². The zero-order chi connectivity index (χ0) is 14.5. The molecule has 0 atom stereocenters. The Morgan fingerprint density at radius 2 is 1.85 bits per heavy atom. The summed E-state index contributed by atoms with van der Waals surface area (Å²) in [5.41, 5.74) is 8.59. The van der Waals surface area contributed by atoms with Crippen molar-refractivity contribution in [2.45, 2.75) is 20.3 Å². The van der Waals surface area contributed by atoms with Crippen molar-refractivity contribution in [1.29, 1.82) is 0 Å². The lowest BCUT2D eigenvalue weighted by Crippen LogP contribution is -2.03. The minimum Gasteiger partial charge on any atom is -0.491 e. The van der Waals surface area contributed by atoms with Gasteiger partial charge in [0.05, 0.1) is 18.0 Å². The molecule has 3 nitrogen and oxygen atoms in total. The molecular weight excluding hydrogens is 255 g/mol. The van der Waals surface area contributed by atoms with E-state index in [9.17, 15) is 4.39 Å². The van der Waals surface area contributed by atoms with Crippen LogP contribution in [-0.4, -0.2) is 6.61 Å². The number of halogens is 1. The Morgan fingerprint density at radius 3 is 2.60 bits per heavy atom. The lowest BCUT2D eigenvalue weighted by atomic mass is 10.1. The maximum Gasteiger partial charge on any atom is 0.144 e. The summed E-state index contributed by atoms with van der Waals surface area (Å²) < 4.78 is 19.1. The van der Waals surface area contributed by atoms with Gasteiger partial charge in [-0.3, -0.25) is 0 Å². The Balaban J connectivity index is 2.27. The van der Waals surface area contributed by atoms with E-state index in [-0.39, 0.29) is 5.82 Å². The van der Waals surface area contributed by atoms with Crippen LogP contribution in [0.25, 0.3) is 0 Å². The van der Waals surface area contributed by atoms with E-state index in [1.165, 1.54) is 6.07 Å². The van der Waals surface area contributed by atoms with Gasteiger partial charge >= 0.3 is 0 Å². The first-order valence-electron chi connectivity index (χ1n) is 6.67. The molecule has 0 aliphatic carbocycles. The van der Waals surface area contributed by atoms with Crippen LogP contribution in [0.1, 0.15) is 18.9 Å². The largest absolute Gasteiger partial charge is 0.491 e. The van der Waals surface area contributed by atoms with Gasteiger partial charge in [0, 0.05) is 11.3 Å². The van der Waals surface area contributed by atoms with Crippen molar-refractivity contribution >= 4 is 17.1 Å². The quantitative estimate of drug-likeness (QED) is 0.801. The minimum absolute atomic E-state index is 0.244. The Bertz CT molecular complexity index is 599. The molecule has 0 aromatic heterocycles. The number of nitrogens with one attached hydrogen (secondary N) is 1. The molecule has 106 valence electrons. The van der Waals surface area contributed by atoms with E-state index in [0.29, 0.717) is 35.0 Å². The molecule has 0 heterocycles. The number of ether oxygens (including phenoxy) is 1. The highest BCUT2D eigenvalue weighted by Crippen LogP contribution is 2.32. The van der Waals surface area contributed by atoms with Crippen molar-refractivity contribution < 1.29 is 9.13 Å². The fourth-order valence-corrected chi connectivity index (χ4v) is 1.88. The van der Waals surface area contributed by atoms with Gasteiger partial charge in [-0.05, 0) is 37.6 Å². The highest BCUT2D eigenvalue weighted by atomic mass is 19.1. The predicted molar refractivity (Wildman–Crippen MR) is 81.1 cm³/mol. The Kier molecular flexibility index (Phi) is 4.45. The Morgan fingerprint density at radius 1 is 1.15 bits per heavy atom. The number of anilines is 3. The van der Waals surface area contributed by atoms with Gasteiger partial charge in [-0.15, -0.1) is 0 Å². The Hall–Kier alpha value is -2.23. The van der Waals surface area contributed by atoms with Gasteiger partial charge < -0.3 is 15.8 Å². The monoisotopic (exact) mass is 274 g/mol. The minimum atomic E-state index is -0.244. The lowest BCUT2D eigenvalue weighted by Gasteiger charge is -2.15. The number of hydrogen-bond donors (Lipinski definition) is 2. The van der Waals surface area contributed by atoms with Gasteiger partial charge in [0.25, 0.3) is 0 Å². The van der Waals surface area contributed by atoms with Crippen LogP contribution >= 0.6 is 0 Å². The molecule has 4 heteroatoms. The summed E-state index contributed by atoms with van der Waals surface area (Å²) in [6, 6.07) is 10.5. The molecule has 0 aliphatic heterocycles. The number of para-hydroxylation sites is 1. The third-order valence-electron chi connectivity index (χ3n) is 3.06. The molecular formula is C16H19FN2O. The second-order valence-corrected chi connectivity index (χ2v) is 4.60. The molecule has 2 aromatic rings. The summed E-state index contributed by atoms with van der Waals surface area (Å²) in [5, 5.41) is 3.15. The topological polar surface area (TPSA) is 47.3 Å². The first kappa shape index (κ1) is 14.2. The van der Waals surface area contributed by atoms with Crippen LogP contribution in [0.4, 0.5) is 21.5 Å². The normalized spacial score (nSPS) is 10.3. The summed E-state index contributed by atoms with van der Waals surface area (Å²) >= 11 is 0. The first-order chi connectivity index (χ1) is 9.63. The van der Waals surface area contributed by atoms with E-state index >= 15 is 0 Å². The smallest absolute Gasteiger partial charge is 0.144 e. The number of hydrogen-bond acceptors (Lipinski definition) is 3. The zero-order valence-electron chi connectivity index (χ0n) is 11.7. The molecule has 2 aromatic carbocycles. The van der Waals surface area contributed by atoms with E-state index in [1.807, 2.05) is 31.2 Å². The molecule has 20 heavy (non-hydrogen) atoms. The van der Waals surface area contributed by atoms with E-state index in [0.717, 1.165) is 6.42 Å². The van der Waals surface area contributed by atoms with Gasteiger partial charge in [-0.1, -0.05) is 19.1 Å². The maximum atomic E-state index is 13.5. The predicted octanol–water partition coefficient (Wildman–Crippen LogP) is 4.25. The highest BCUT2D eigenvalue weighted by Gasteiger charge is 2.08. The van der Waals surface area contributed by atoms with Crippen LogP contribution in [0.3, 0.4) is 0 Å². The number of nitrogen functional groups attached to an aromatic ring is 1. The van der Waals surface area contributed by atoms with Crippen LogP contribution in [0.15, 0.2) is 36.4 Å². The molecule has 0 bridgehead atoms. The molecule has 0 radical (unpaired) electrons. The molecule has 0 fully saturated rings. The average Bonchev–Trinajstić information content (AvgIpc) is 2.44. The molecule has 0 amide bonds. The number of benzene rings is 2. The van der Waals surface area contributed by atoms with Crippen molar-refractivity contribution in [3.63, 3.8) is 0 Å². The number of nitrogens with two attached hydrogens (primary N) is 1. The summed E-state index contributed by atoms with van der Waals surface area (Å²) in [4.78, 5) is 0. The molecule has 0 unspecified atom stereocenters. The van der Waals surface area contributed by atoms with Crippen LogP contribution in [0, 0.1) is 12.7 Å². The van der Waals surface area contributed by atoms with Gasteiger partial charge in [-0.2, -0.15) is 0 Å². The van der Waals surface area contributed by atoms with Crippen LogP contribution in [0.5, 0.6) is 5.75 Å². The maximum absolute atomic E-state index is 13.5. The summed E-state index contributed by atoms with van der Waals surface area (Å²) in [6.45, 7) is 4.38. The van der Waals surface area contributed by atoms with Crippen LogP contribution < -0.4 is 15.8 Å². The molecule has 0 saturated heterocycles. The summed E-state index contributed by atoms with van der Waals surface area (Å²) in [7, 11) is 0. The third kappa shape index (κ3) is 3.02. The molecule has 2 rings (SSSR count). The van der Waals surface area contributed by atoms with Gasteiger partial charge in [0.15, 0.2) is 0 Å². The zero-order valence-corrected chi connectivity index (χ0v) is 11.7. The Labute approximate surface area is 118 Å². The first-order valence-corrected chi connectivity index (χ1v) is 6.67. The molecule has 3 N–H and O–H groups in total. The van der Waals surface area contributed by atoms with Gasteiger partial charge in [0.2, 0.25) is 0 Å². The van der Waals surface area contributed by atoms with Gasteiger partial charge in [0.1, 0.15) is 11.6 Å². The lowest BCUT2D eigenvalue weighted by molar-refractivity contribution is 0.319. The van der Waals surface area contributed by atoms with Crippen molar-refractivity contribution in [3.8, 4) is 5.75 Å². The summed E-state index contributed by atoms with van der Waals surface area (Å²) in [6.07, 6.45) is 0.917. The van der Waals surface area contributed by atoms with Crippen molar-refractivity contribution in [2.75, 3.05) is 17.7 Å². The fourth-order valence-electron chi connectivity index (χ4n) is 1.88. The molecule has 0 aliphatic rings. The third-order valence-corrected chi connectivity index (χ3v) is 3.06. The average molecular weight is 274 g/mol. The van der Waals surface area contributed by atoms with Crippen LogP contribution in [-0.2, 0) is 0 Å². The van der Waals surface area contributed by atoms with Crippen molar-refractivity contribution in [3.05, 3.63) is 47.8 Å². The number of rotatable bonds is 5. The van der Waals surface area contributed by atoms with Crippen molar-refractivity contribution in [2.24, 2.45) is 0 Å². The second-order valence-electron chi connectivity index (χ2n) is 4.60. The summed E-state index contributed by atoms with van der Waals surface area (Å²) in [5.74, 6) is 0.401. The van der Waals surface area contributed by atoms with Gasteiger partial charge in [-0.25, -0.2) is 4.39 Å². The fraction of sp³-hybridized carbons (Fsp3) is 0.250. The van der Waals surface area contributed by atoms with E-state index in [1.54, 1.807) is 13.0 Å². The molecule has 0 spiro atoms. The van der Waals surface area contributed by atoms with Crippen molar-refractivity contribution in [1.82, 2.24) is 0 Å². The second kappa shape index (κ2) is 6.28. The molecule has 0 saturated carbocycles.